The molecular weight excluding hydrogens is 452 g/mol. The van der Waals surface area contributed by atoms with Crippen LogP contribution in [-0.2, 0) is 6.42 Å². The number of aromatic amines is 1. The number of pyridine rings is 1. The lowest BCUT2D eigenvalue weighted by Gasteiger charge is -2.15. The number of nitrogens with two attached hydrogens (primary N) is 1. The Morgan fingerprint density at radius 1 is 1.09 bits per heavy atom. The molecule has 0 aliphatic rings. The highest BCUT2D eigenvalue weighted by molar-refractivity contribution is 7.19. The third-order valence-electron chi connectivity index (χ3n) is 5.54. The average molecular weight is 475 g/mol. The molecular formula is C26H23ClN4OS. The number of aryl methyl sites for hydroxylation is 1. The summed E-state index contributed by atoms with van der Waals surface area (Å²) >= 11 is 7.72. The fourth-order valence-electron chi connectivity index (χ4n) is 3.87. The summed E-state index contributed by atoms with van der Waals surface area (Å²) in [6.45, 7) is 2.40. The van der Waals surface area contributed by atoms with Crippen LogP contribution in [0.1, 0.15) is 11.3 Å². The second kappa shape index (κ2) is 9.35. The maximum atomic E-state index is 6.32. The zero-order valence-electron chi connectivity index (χ0n) is 18.1. The van der Waals surface area contributed by atoms with Crippen LogP contribution in [0.2, 0.25) is 4.34 Å². The number of rotatable bonds is 7. The zero-order valence-corrected chi connectivity index (χ0v) is 19.7. The van der Waals surface area contributed by atoms with Gasteiger partial charge in [-0.2, -0.15) is 5.10 Å². The van der Waals surface area contributed by atoms with Crippen molar-refractivity contribution in [2.24, 2.45) is 5.73 Å². The molecule has 0 spiro atoms. The van der Waals surface area contributed by atoms with E-state index in [1.807, 2.05) is 49.4 Å². The van der Waals surface area contributed by atoms with E-state index in [0.29, 0.717) is 12.4 Å². The third-order valence-corrected chi connectivity index (χ3v) is 6.78. The van der Waals surface area contributed by atoms with Gasteiger partial charge in [-0.1, -0.05) is 48.0 Å². The van der Waals surface area contributed by atoms with E-state index < -0.39 is 0 Å². The van der Waals surface area contributed by atoms with Crippen LogP contribution in [0.5, 0.6) is 5.75 Å². The largest absolute Gasteiger partial charge is 0.490 e. The van der Waals surface area contributed by atoms with E-state index in [-0.39, 0.29) is 6.04 Å². The number of hydrogen-bond acceptors (Lipinski definition) is 5. The maximum absolute atomic E-state index is 6.32. The molecule has 3 N–H and O–H groups in total. The van der Waals surface area contributed by atoms with Crippen LogP contribution in [-0.4, -0.2) is 27.8 Å². The number of halogens is 1. The molecule has 1 atom stereocenters. The minimum Gasteiger partial charge on any atom is -0.490 e. The number of benzene rings is 2. The molecule has 2 aromatic carbocycles. The van der Waals surface area contributed by atoms with Gasteiger partial charge in [0, 0.05) is 17.0 Å². The Morgan fingerprint density at radius 2 is 1.94 bits per heavy atom. The number of hydrogen-bond donors (Lipinski definition) is 2. The van der Waals surface area contributed by atoms with Crippen molar-refractivity contribution in [3.63, 3.8) is 0 Å². The third kappa shape index (κ3) is 4.78. The highest BCUT2D eigenvalue weighted by Crippen LogP contribution is 2.38. The normalized spacial score (nSPS) is 12.2. The van der Waals surface area contributed by atoms with Crippen LogP contribution in [0.4, 0.5) is 0 Å². The predicted molar refractivity (Wildman–Crippen MR) is 136 cm³/mol. The second-order valence-corrected chi connectivity index (χ2v) is 9.72. The number of ether oxygens (including phenoxy) is 1. The monoisotopic (exact) mass is 474 g/mol. The molecule has 0 amide bonds. The molecule has 3 aromatic heterocycles. The first-order valence-corrected chi connectivity index (χ1v) is 11.9. The van der Waals surface area contributed by atoms with Gasteiger partial charge in [0.25, 0.3) is 0 Å². The molecule has 0 saturated heterocycles. The summed E-state index contributed by atoms with van der Waals surface area (Å²) in [6.07, 6.45) is 2.51. The summed E-state index contributed by atoms with van der Waals surface area (Å²) < 4.78 is 6.79. The number of H-pyrrole nitrogens is 1. The van der Waals surface area contributed by atoms with Crippen molar-refractivity contribution < 1.29 is 4.74 Å². The minimum absolute atomic E-state index is 0.114. The predicted octanol–water partition coefficient (Wildman–Crippen LogP) is 6.26. The van der Waals surface area contributed by atoms with Gasteiger partial charge in [-0.3, -0.25) is 10.1 Å². The number of nitrogens with one attached hydrogen (secondary N) is 1. The molecule has 7 heteroatoms. The molecule has 166 valence electrons. The minimum atomic E-state index is -0.114. The van der Waals surface area contributed by atoms with Crippen LogP contribution in [0.15, 0.2) is 72.9 Å². The van der Waals surface area contributed by atoms with E-state index >= 15 is 0 Å². The molecule has 0 aliphatic carbocycles. The lowest BCUT2D eigenvalue weighted by Crippen LogP contribution is -2.30. The summed E-state index contributed by atoms with van der Waals surface area (Å²) in [5.41, 5.74) is 12.4. The highest BCUT2D eigenvalue weighted by Gasteiger charge is 2.15. The number of thiophene rings is 1. The Morgan fingerprint density at radius 3 is 2.73 bits per heavy atom. The molecule has 5 rings (SSSR count). The van der Waals surface area contributed by atoms with Gasteiger partial charge in [0.1, 0.15) is 12.4 Å². The van der Waals surface area contributed by atoms with Crippen molar-refractivity contribution in [2.45, 2.75) is 19.4 Å². The topological polar surface area (TPSA) is 76.8 Å². The molecule has 5 aromatic rings. The number of fused-ring (bicyclic) bond motifs is 1. The molecule has 0 aliphatic heterocycles. The molecule has 0 radical (unpaired) electrons. The molecule has 0 bridgehead atoms. The smallest absolute Gasteiger partial charge is 0.138 e. The van der Waals surface area contributed by atoms with Gasteiger partial charge in [-0.15, -0.1) is 11.3 Å². The highest BCUT2D eigenvalue weighted by atomic mass is 35.5. The lowest BCUT2D eigenvalue weighted by molar-refractivity contribution is 0.287. The van der Waals surface area contributed by atoms with E-state index in [2.05, 4.69) is 34.5 Å². The summed E-state index contributed by atoms with van der Waals surface area (Å²) in [4.78, 5) is 5.76. The van der Waals surface area contributed by atoms with E-state index in [1.165, 1.54) is 16.9 Å². The summed E-state index contributed by atoms with van der Waals surface area (Å²) in [6, 6.07) is 22.3. The van der Waals surface area contributed by atoms with Crippen LogP contribution in [0.25, 0.3) is 32.6 Å². The van der Waals surface area contributed by atoms with Crippen molar-refractivity contribution in [3.05, 3.63) is 88.5 Å². The Labute approximate surface area is 201 Å². The zero-order chi connectivity index (χ0) is 22.8. The Bertz CT molecular complexity index is 1400. The van der Waals surface area contributed by atoms with E-state index in [0.717, 1.165) is 49.1 Å². The number of aromatic nitrogens is 3. The maximum Gasteiger partial charge on any atom is 0.138 e. The first-order chi connectivity index (χ1) is 16.1. The van der Waals surface area contributed by atoms with Gasteiger partial charge in [0.2, 0.25) is 0 Å². The Balaban J connectivity index is 1.45. The van der Waals surface area contributed by atoms with E-state index in [1.54, 1.807) is 6.20 Å². The quantitative estimate of drug-likeness (QED) is 0.291. The summed E-state index contributed by atoms with van der Waals surface area (Å²) in [5.74, 6) is 0.684. The summed E-state index contributed by atoms with van der Waals surface area (Å²) in [7, 11) is 0. The molecule has 0 fully saturated rings. The average Bonchev–Trinajstić information content (AvgIpc) is 3.43. The van der Waals surface area contributed by atoms with Crippen molar-refractivity contribution in [1.82, 2.24) is 15.2 Å². The lowest BCUT2D eigenvalue weighted by atomic mass is 10.0. The van der Waals surface area contributed by atoms with Crippen molar-refractivity contribution in [1.29, 1.82) is 0 Å². The first kappa shape index (κ1) is 21.6. The first-order valence-electron chi connectivity index (χ1n) is 10.7. The van der Waals surface area contributed by atoms with Crippen molar-refractivity contribution in [3.8, 4) is 27.4 Å². The van der Waals surface area contributed by atoms with Gasteiger partial charge in [-0.05, 0) is 54.8 Å². The van der Waals surface area contributed by atoms with Gasteiger partial charge in [-0.25, -0.2) is 0 Å². The Hall–Kier alpha value is -3.19. The van der Waals surface area contributed by atoms with E-state index in [4.69, 9.17) is 27.1 Å². The standard InChI is InChI=1S/C26H23ClN4OS/c1-16-21-12-18(7-8-23(21)31-30-16)22-13-20(14-29-26(22)24-9-10-25(27)33-24)32-15-19(28)11-17-5-3-2-4-6-17/h2-10,12-14,19H,11,15,28H2,1H3,(H,30,31)/t19-/m0/s1. The molecule has 0 saturated carbocycles. The fraction of sp³-hybridized carbons (Fsp3) is 0.154. The fourth-order valence-corrected chi connectivity index (χ4v) is 4.93. The van der Waals surface area contributed by atoms with Crippen molar-refractivity contribution in [2.75, 3.05) is 6.61 Å². The molecule has 0 unspecified atom stereocenters. The second-order valence-electron chi connectivity index (χ2n) is 8.00. The van der Waals surface area contributed by atoms with Gasteiger partial charge >= 0.3 is 0 Å². The van der Waals surface area contributed by atoms with Crippen molar-refractivity contribution >= 4 is 33.8 Å². The summed E-state index contributed by atoms with van der Waals surface area (Å²) in [5, 5.41) is 8.46. The number of nitrogens with zero attached hydrogens (tertiary/aromatic N) is 2. The van der Waals surface area contributed by atoms with Gasteiger partial charge < -0.3 is 10.5 Å². The van der Waals surface area contributed by atoms with Crippen LogP contribution in [0.3, 0.4) is 0 Å². The van der Waals surface area contributed by atoms with Gasteiger partial charge in [0.05, 0.1) is 32.3 Å². The van der Waals surface area contributed by atoms with E-state index in [9.17, 15) is 0 Å². The molecule has 33 heavy (non-hydrogen) atoms. The Kier molecular flexibility index (Phi) is 6.13. The van der Waals surface area contributed by atoms with Gasteiger partial charge in [0.15, 0.2) is 0 Å². The van der Waals surface area contributed by atoms with Crippen LogP contribution < -0.4 is 10.5 Å². The molecule has 5 nitrogen and oxygen atoms in total. The molecule has 3 heterocycles. The SMILES string of the molecule is Cc1n[nH]c2ccc(-c3cc(OC[C@@H](N)Cc4ccccc4)cnc3-c3ccc(Cl)s3)cc12. The van der Waals surface area contributed by atoms with Crippen LogP contribution >= 0.6 is 22.9 Å². The van der Waals surface area contributed by atoms with Crippen LogP contribution in [0, 0.1) is 6.92 Å².